The van der Waals surface area contributed by atoms with E-state index in [4.69, 9.17) is 16.3 Å². The van der Waals surface area contributed by atoms with Crippen LogP contribution in [0.3, 0.4) is 0 Å². The molecule has 126 valence electrons. The van der Waals surface area contributed by atoms with E-state index in [-0.39, 0.29) is 16.5 Å². The Morgan fingerprint density at radius 2 is 1.83 bits per heavy atom. The van der Waals surface area contributed by atoms with E-state index in [0.29, 0.717) is 0 Å². The summed E-state index contributed by atoms with van der Waals surface area (Å²) in [6.07, 6.45) is 0. The van der Waals surface area contributed by atoms with E-state index in [9.17, 15) is 27.7 Å². The highest BCUT2D eigenvalue weighted by Gasteiger charge is 2.26. The van der Waals surface area contributed by atoms with Gasteiger partial charge >= 0.3 is 0 Å². The number of hydrogen-bond donors (Lipinski definition) is 0. The average molecular weight is 374 g/mol. The number of ether oxygens (including phenoxy) is 1. The van der Waals surface area contributed by atoms with Gasteiger partial charge in [0.05, 0.1) is 14.8 Å². The molecule has 0 aliphatic rings. The van der Waals surface area contributed by atoms with Crippen LogP contribution in [0.4, 0.5) is 10.1 Å². The Morgan fingerprint density at radius 1 is 1.21 bits per heavy atom. The van der Waals surface area contributed by atoms with E-state index < -0.39 is 37.2 Å². The first-order valence-electron chi connectivity index (χ1n) is 6.32. The lowest BCUT2D eigenvalue weighted by atomic mass is 10.3. The van der Waals surface area contributed by atoms with Crippen LogP contribution in [0, 0.1) is 15.9 Å². The van der Waals surface area contributed by atoms with Crippen molar-refractivity contribution in [3.05, 3.63) is 63.4 Å². The number of halogens is 2. The van der Waals surface area contributed by atoms with Crippen molar-refractivity contribution < 1.29 is 27.3 Å². The average Bonchev–Trinajstić information content (AvgIpc) is 2.55. The van der Waals surface area contributed by atoms with E-state index in [1.807, 2.05) is 0 Å². The fourth-order valence-corrected chi connectivity index (χ4v) is 2.75. The van der Waals surface area contributed by atoms with Crippen LogP contribution in [0.1, 0.15) is 0 Å². The molecule has 0 unspecified atom stereocenters. The minimum atomic E-state index is -4.38. The number of benzene rings is 2. The van der Waals surface area contributed by atoms with Gasteiger partial charge in [-0.05, 0) is 24.3 Å². The van der Waals surface area contributed by atoms with Crippen molar-refractivity contribution in [1.82, 2.24) is 0 Å². The summed E-state index contributed by atoms with van der Waals surface area (Å²) in [5.41, 5.74) is -0.311. The molecule has 0 spiro atoms. The second-order valence-corrected chi connectivity index (χ2v) is 6.83. The molecule has 0 aliphatic carbocycles. The molecule has 2 rings (SSSR count). The van der Waals surface area contributed by atoms with Gasteiger partial charge in [-0.3, -0.25) is 14.9 Å². The molecule has 0 radical (unpaired) electrons. The van der Waals surface area contributed by atoms with Crippen molar-refractivity contribution in [3.8, 4) is 5.75 Å². The summed E-state index contributed by atoms with van der Waals surface area (Å²) in [6.45, 7) is -0.847. The number of carbonyl (C=O) groups excluding carboxylic acids is 1. The molecule has 24 heavy (non-hydrogen) atoms. The zero-order valence-electron chi connectivity index (χ0n) is 11.8. The molecule has 0 heterocycles. The molecular weight excluding hydrogens is 365 g/mol. The Kier molecular flexibility index (Phi) is 5.15. The van der Waals surface area contributed by atoms with Crippen LogP contribution in [0.2, 0.25) is 5.02 Å². The van der Waals surface area contributed by atoms with Crippen molar-refractivity contribution in [2.24, 2.45) is 0 Å². The highest BCUT2D eigenvalue weighted by molar-refractivity contribution is 8.06. The fourth-order valence-electron chi connectivity index (χ4n) is 1.66. The molecule has 0 bridgehead atoms. The number of sulfone groups is 1. The van der Waals surface area contributed by atoms with Crippen molar-refractivity contribution in [2.45, 2.75) is 4.90 Å². The summed E-state index contributed by atoms with van der Waals surface area (Å²) in [4.78, 5) is 21.3. The van der Waals surface area contributed by atoms with Gasteiger partial charge in [0.2, 0.25) is 9.84 Å². The van der Waals surface area contributed by atoms with Gasteiger partial charge in [-0.1, -0.05) is 11.6 Å². The van der Waals surface area contributed by atoms with E-state index in [0.717, 1.165) is 30.3 Å². The van der Waals surface area contributed by atoms with Crippen LogP contribution in [0.25, 0.3) is 0 Å². The minimum Gasteiger partial charge on any atom is -0.485 e. The Morgan fingerprint density at radius 3 is 2.38 bits per heavy atom. The molecule has 0 aliphatic heterocycles. The number of nitro benzene ring substituents is 1. The van der Waals surface area contributed by atoms with Gasteiger partial charge in [0.15, 0.2) is 6.61 Å². The second-order valence-electron chi connectivity index (χ2n) is 4.49. The van der Waals surface area contributed by atoms with Crippen LogP contribution in [0.15, 0.2) is 47.4 Å². The molecule has 10 heteroatoms. The van der Waals surface area contributed by atoms with Crippen molar-refractivity contribution >= 4 is 32.2 Å². The number of hydrogen-bond acceptors (Lipinski definition) is 6. The highest BCUT2D eigenvalue weighted by atomic mass is 35.5. The number of carbonyl (C=O) groups is 1. The van der Waals surface area contributed by atoms with Crippen LogP contribution in [-0.4, -0.2) is 25.1 Å². The SMILES string of the molecule is O=C(COc1ccc(Cl)c(F)c1)S(=O)(=O)c1ccc([N+](=O)[O-])cc1. The Hall–Kier alpha value is -2.52. The van der Waals surface area contributed by atoms with Crippen LogP contribution in [-0.2, 0) is 14.6 Å². The molecule has 0 aromatic heterocycles. The van der Waals surface area contributed by atoms with Gasteiger partial charge in [0.1, 0.15) is 11.6 Å². The maximum absolute atomic E-state index is 13.2. The van der Waals surface area contributed by atoms with Crippen LogP contribution in [0.5, 0.6) is 5.75 Å². The van der Waals surface area contributed by atoms with Gasteiger partial charge in [-0.25, -0.2) is 12.8 Å². The molecule has 0 fully saturated rings. The van der Waals surface area contributed by atoms with Gasteiger partial charge in [0, 0.05) is 18.2 Å². The zero-order chi connectivity index (χ0) is 17.9. The zero-order valence-corrected chi connectivity index (χ0v) is 13.4. The molecule has 0 amide bonds. The normalized spacial score (nSPS) is 11.1. The lowest BCUT2D eigenvalue weighted by Gasteiger charge is -2.07. The Labute approximate surface area is 140 Å². The summed E-state index contributed by atoms with van der Waals surface area (Å²) in [6, 6.07) is 7.22. The fraction of sp³-hybridized carbons (Fsp3) is 0.0714. The molecule has 2 aromatic carbocycles. The number of nitro groups is 1. The third-order valence-corrected chi connectivity index (χ3v) is 4.82. The minimum absolute atomic E-state index is 0.0656. The third-order valence-electron chi connectivity index (χ3n) is 2.91. The number of non-ortho nitro benzene ring substituents is 1. The predicted molar refractivity (Wildman–Crippen MR) is 82.2 cm³/mol. The highest BCUT2D eigenvalue weighted by Crippen LogP contribution is 2.21. The molecule has 0 saturated carbocycles. The summed E-state index contributed by atoms with van der Waals surface area (Å²) < 4.78 is 42.3. The summed E-state index contributed by atoms with van der Waals surface area (Å²) in [7, 11) is -4.38. The predicted octanol–water partition coefficient (Wildman–Crippen LogP) is 2.77. The molecule has 0 atom stereocenters. The Balaban J connectivity index is 2.12. The maximum Gasteiger partial charge on any atom is 0.288 e. The Bertz CT molecular complexity index is 898. The van der Waals surface area contributed by atoms with Gasteiger partial charge in [-0.2, -0.15) is 0 Å². The van der Waals surface area contributed by atoms with Crippen molar-refractivity contribution in [1.29, 1.82) is 0 Å². The molecule has 7 nitrogen and oxygen atoms in total. The number of nitrogens with zero attached hydrogens (tertiary/aromatic N) is 1. The van der Waals surface area contributed by atoms with Crippen molar-refractivity contribution in [2.75, 3.05) is 6.61 Å². The third kappa shape index (κ3) is 3.87. The van der Waals surface area contributed by atoms with Crippen LogP contribution < -0.4 is 4.74 Å². The lowest BCUT2D eigenvalue weighted by molar-refractivity contribution is -0.384. The van der Waals surface area contributed by atoms with Crippen LogP contribution >= 0.6 is 11.6 Å². The van der Waals surface area contributed by atoms with E-state index in [1.165, 1.54) is 12.1 Å². The molecule has 0 saturated heterocycles. The molecule has 0 N–H and O–H groups in total. The van der Waals surface area contributed by atoms with Gasteiger partial charge < -0.3 is 4.74 Å². The largest absolute Gasteiger partial charge is 0.485 e. The summed E-state index contributed by atoms with van der Waals surface area (Å²) in [5, 5.41) is 9.12. The van der Waals surface area contributed by atoms with E-state index in [2.05, 4.69) is 0 Å². The first kappa shape index (κ1) is 17.8. The monoisotopic (exact) mass is 373 g/mol. The summed E-state index contributed by atoms with van der Waals surface area (Å²) >= 11 is 5.49. The quantitative estimate of drug-likeness (QED) is 0.589. The summed E-state index contributed by atoms with van der Waals surface area (Å²) in [5.74, 6) is -0.844. The second kappa shape index (κ2) is 6.93. The lowest BCUT2D eigenvalue weighted by Crippen LogP contribution is -2.22. The first-order valence-corrected chi connectivity index (χ1v) is 8.18. The standard InChI is InChI=1S/C14H9ClFNO6S/c15-12-6-3-10(7-13(12)16)23-8-14(18)24(21,22)11-4-1-9(2-5-11)17(19)20/h1-7H,8H2. The molecular formula is C14H9ClFNO6S. The van der Waals surface area contributed by atoms with Crippen molar-refractivity contribution in [3.63, 3.8) is 0 Å². The first-order chi connectivity index (χ1) is 11.2. The molecule has 2 aromatic rings. The maximum atomic E-state index is 13.2. The van der Waals surface area contributed by atoms with Gasteiger partial charge in [-0.15, -0.1) is 0 Å². The number of rotatable bonds is 5. The van der Waals surface area contributed by atoms with Gasteiger partial charge in [0.25, 0.3) is 10.8 Å². The van der Waals surface area contributed by atoms with E-state index >= 15 is 0 Å². The topological polar surface area (TPSA) is 104 Å². The smallest absolute Gasteiger partial charge is 0.288 e. The van der Waals surface area contributed by atoms with E-state index in [1.54, 1.807) is 0 Å².